The number of ether oxygens (including phenoxy) is 2. The molecular weight excluding hydrogens is 384 g/mol. The van der Waals surface area contributed by atoms with E-state index < -0.39 is 0 Å². The number of fused-ring (bicyclic) bond motifs is 1. The maximum absolute atomic E-state index is 13.4. The number of benzene rings is 1. The van der Waals surface area contributed by atoms with Crippen LogP contribution in [-0.4, -0.2) is 66.1 Å². The number of nitrogens with one attached hydrogen (secondary N) is 1. The van der Waals surface area contributed by atoms with E-state index in [1.54, 1.807) is 31.5 Å². The monoisotopic (exact) mass is 410 g/mol. The highest BCUT2D eigenvalue weighted by molar-refractivity contribution is 6.08. The number of aromatic nitrogens is 1. The molecule has 1 aromatic heterocycles. The third-order valence-electron chi connectivity index (χ3n) is 5.59. The van der Waals surface area contributed by atoms with Crippen LogP contribution in [0.15, 0.2) is 42.6 Å². The second-order valence-corrected chi connectivity index (χ2v) is 7.36. The summed E-state index contributed by atoms with van der Waals surface area (Å²) in [4.78, 5) is 34.3. The predicted octanol–water partition coefficient (Wildman–Crippen LogP) is 1.83. The lowest BCUT2D eigenvalue weighted by Crippen LogP contribution is -2.58. The van der Waals surface area contributed by atoms with Gasteiger partial charge in [-0.3, -0.25) is 24.4 Å². The molecule has 4 rings (SSSR count). The van der Waals surface area contributed by atoms with E-state index in [-0.39, 0.29) is 30.6 Å². The fourth-order valence-electron chi connectivity index (χ4n) is 4.11. The summed E-state index contributed by atoms with van der Waals surface area (Å²) in [6.07, 6.45) is 2.03. The first-order valence-corrected chi connectivity index (χ1v) is 10.2. The lowest BCUT2D eigenvalue weighted by Gasteiger charge is -2.42. The van der Waals surface area contributed by atoms with Gasteiger partial charge < -0.3 is 14.8 Å². The van der Waals surface area contributed by atoms with Crippen LogP contribution in [0.3, 0.4) is 0 Å². The highest BCUT2D eigenvalue weighted by Crippen LogP contribution is 2.30. The van der Waals surface area contributed by atoms with Gasteiger partial charge in [0.05, 0.1) is 30.6 Å². The summed E-state index contributed by atoms with van der Waals surface area (Å²) in [5, 5.41) is 3.48. The Kier molecular flexibility index (Phi) is 5.96. The van der Waals surface area contributed by atoms with Gasteiger partial charge >= 0.3 is 0 Å². The molecule has 2 amide bonds. The molecule has 158 valence electrons. The van der Waals surface area contributed by atoms with Gasteiger partial charge in [0.1, 0.15) is 11.5 Å². The Morgan fingerprint density at radius 2 is 2.17 bits per heavy atom. The Hall–Kier alpha value is -2.97. The summed E-state index contributed by atoms with van der Waals surface area (Å²) in [6.45, 7) is 3.94. The average molecular weight is 410 g/mol. The van der Waals surface area contributed by atoms with E-state index in [9.17, 15) is 9.59 Å². The van der Waals surface area contributed by atoms with Crippen molar-refractivity contribution < 1.29 is 19.1 Å². The average Bonchev–Trinajstić information content (AvgIpc) is 2.92. The Morgan fingerprint density at radius 3 is 2.90 bits per heavy atom. The number of nitrogens with zero attached hydrogens (tertiary/aromatic N) is 3. The van der Waals surface area contributed by atoms with E-state index in [4.69, 9.17) is 9.47 Å². The van der Waals surface area contributed by atoms with E-state index in [1.165, 1.54) is 4.90 Å². The van der Waals surface area contributed by atoms with Crippen LogP contribution in [-0.2, 0) is 4.79 Å². The number of hydrogen-bond donors (Lipinski definition) is 1. The molecule has 8 heteroatoms. The highest BCUT2D eigenvalue weighted by atomic mass is 16.5. The largest absolute Gasteiger partial charge is 0.497 e. The molecule has 0 spiro atoms. The number of pyridine rings is 1. The molecule has 1 saturated heterocycles. The molecule has 1 aromatic carbocycles. The molecule has 1 fully saturated rings. The van der Waals surface area contributed by atoms with Crippen molar-refractivity contribution in [2.24, 2.45) is 0 Å². The van der Waals surface area contributed by atoms with E-state index in [1.807, 2.05) is 25.1 Å². The number of piperazine rings is 1. The van der Waals surface area contributed by atoms with Crippen LogP contribution in [0.2, 0.25) is 0 Å². The maximum Gasteiger partial charge on any atom is 0.268 e. The lowest BCUT2D eigenvalue weighted by atomic mass is 10.1. The molecule has 1 N–H and O–H groups in total. The molecule has 0 bridgehead atoms. The van der Waals surface area contributed by atoms with E-state index in [2.05, 4.69) is 15.2 Å². The van der Waals surface area contributed by atoms with Crippen molar-refractivity contribution in [2.75, 3.05) is 33.4 Å². The predicted molar refractivity (Wildman–Crippen MR) is 110 cm³/mol. The van der Waals surface area contributed by atoms with Crippen molar-refractivity contribution >= 4 is 11.8 Å². The van der Waals surface area contributed by atoms with Crippen LogP contribution in [0.5, 0.6) is 11.5 Å². The molecule has 0 aliphatic carbocycles. The molecule has 0 saturated carbocycles. The summed E-state index contributed by atoms with van der Waals surface area (Å²) >= 11 is 0. The number of amides is 2. The van der Waals surface area contributed by atoms with E-state index in [0.717, 1.165) is 18.8 Å². The van der Waals surface area contributed by atoms with Crippen LogP contribution in [0.25, 0.3) is 0 Å². The number of imide groups is 1. The first-order valence-electron chi connectivity index (χ1n) is 10.2. The molecule has 0 radical (unpaired) electrons. The molecule has 2 unspecified atom stereocenters. The normalized spacial score (nSPS) is 20.9. The van der Waals surface area contributed by atoms with Crippen LogP contribution < -0.4 is 14.8 Å². The smallest absolute Gasteiger partial charge is 0.268 e. The summed E-state index contributed by atoms with van der Waals surface area (Å²) in [6, 6.07) is 10.9. The van der Waals surface area contributed by atoms with Crippen molar-refractivity contribution in [2.45, 2.75) is 25.6 Å². The van der Waals surface area contributed by atoms with Crippen LogP contribution in [0.1, 0.15) is 35.4 Å². The zero-order chi connectivity index (χ0) is 21.1. The third kappa shape index (κ3) is 3.88. The fraction of sp³-hybridized carbons (Fsp3) is 0.409. The number of carbonyl (C=O) groups is 2. The summed E-state index contributed by atoms with van der Waals surface area (Å²) < 4.78 is 10.9. The SMILES string of the molecule is CCC(N1CCNC(c2ccccn2)C1)N1C(=O)COc2ccc(OC)cc2C1=O. The van der Waals surface area contributed by atoms with E-state index in [0.29, 0.717) is 30.0 Å². The first kappa shape index (κ1) is 20.3. The summed E-state index contributed by atoms with van der Waals surface area (Å²) in [5.41, 5.74) is 1.29. The van der Waals surface area contributed by atoms with Gasteiger partial charge in [-0.25, -0.2) is 0 Å². The van der Waals surface area contributed by atoms with Crippen LogP contribution in [0.4, 0.5) is 0 Å². The number of carbonyl (C=O) groups excluding carboxylic acids is 2. The van der Waals surface area contributed by atoms with Crippen LogP contribution >= 0.6 is 0 Å². The van der Waals surface area contributed by atoms with Gasteiger partial charge in [-0.2, -0.15) is 0 Å². The fourth-order valence-corrected chi connectivity index (χ4v) is 4.11. The molecule has 3 heterocycles. The van der Waals surface area contributed by atoms with Crippen molar-refractivity contribution in [1.82, 2.24) is 20.1 Å². The molecule has 2 aromatic rings. The maximum atomic E-state index is 13.4. The molecule has 2 aliphatic heterocycles. The first-order chi connectivity index (χ1) is 14.6. The van der Waals surface area contributed by atoms with Crippen molar-refractivity contribution in [3.8, 4) is 11.5 Å². The zero-order valence-electron chi connectivity index (χ0n) is 17.2. The second kappa shape index (κ2) is 8.81. The topological polar surface area (TPSA) is 84.0 Å². The number of rotatable bonds is 5. The Labute approximate surface area is 175 Å². The van der Waals surface area contributed by atoms with Gasteiger partial charge in [0.25, 0.3) is 11.8 Å². The lowest BCUT2D eigenvalue weighted by molar-refractivity contribution is -0.136. The number of hydrogen-bond acceptors (Lipinski definition) is 7. The van der Waals surface area contributed by atoms with Crippen molar-refractivity contribution in [1.29, 1.82) is 0 Å². The van der Waals surface area contributed by atoms with Gasteiger partial charge in [-0.15, -0.1) is 0 Å². The second-order valence-electron chi connectivity index (χ2n) is 7.36. The van der Waals surface area contributed by atoms with E-state index >= 15 is 0 Å². The minimum atomic E-state index is -0.362. The standard InChI is InChI=1S/C22H26N4O4/c1-3-20(25-11-10-24-18(13-25)17-6-4-5-9-23-17)26-21(27)14-30-19-8-7-15(29-2)12-16(19)22(26)28/h4-9,12,18,20,24H,3,10-11,13-14H2,1-2H3. The van der Waals surface area contributed by atoms with Gasteiger partial charge in [-0.1, -0.05) is 13.0 Å². The molecule has 8 nitrogen and oxygen atoms in total. The van der Waals surface area contributed by atoms with Crippen LogP contribution in [0, 0.1) is 0 Å². The Morgan fingerprint density at radius 1 is 1.30 bits per heavy atom. The molecule has 2 aliphatic rings. The molecule has 2 atom stereocenters. The third-order valence-corrected chi connectivity index (χ3v) is 5.59. The van der Waals surface area contributed by atoms with Gasteiger partial charge in [0, 0.05) is 25.8 Å². The highest BCUT2D eigenvalue weighted by Gasteiger charge is 2.38. The van der Waals surface area contributed by atoms with Crippen molar-refractivity contribution in [3.05, 3.63) is 53.9 Å². The summed E-state index contributed by atoms with van der Waals surface area (Å²) in [5.74, 6) is 0.254. The van der Waals surface area contributed by atoms with Crippen molar-refractivity contribution in [3.63, 3.8) is 0 Å². The van der Waals surface area contributed by atoms with Gasteiger partial charge in [0.15, 0.2) is 6.61 Å². The van der Waals surface area contributed by atoms with Gasteiger partial charge in [0.2, 0.25) is 0 Å². The number of methoxy groups -OCH3 is 1. The Balaban J connectivity index is 1.62. The minimum absolute atomic E-state index is 0.0369. The Bertz CT molecular complexity index is 921. The summed E-state index contributed by atoms with van der Waals surface area (Å²) in [7, 11) is 1.54. The quantitative estimate of drug-likeness (QED) is 0.753. The zero-order valence-corrected chi connectivity index (χ0v) is 17.2. The molecule has 30 heavy (non-hydrogen) atoms. The minimum Gasteiger partial charge on any atom is -0.497 e. The molecular formula is C22H26N4O4. The van der Waals surface area contributed by atoms with Gasteiger partial charge in [-0.05, 0) is 36.8 Å².